The van der Waals surface area contributed by atoms with Crippen LogP contribution < -0.4 is 10.1 Å². The van der Waals surface area contributed by atoms with Crippen LogP contribution in [0.2, 0.25) is 0 Å². The van der Waals surface area contributed by atoms with Gasteiger partial charge in [0, 0.05) is 18.5 Å². The van der Waals surface area contributed by atoms with Gasteiger partial charge in [0.2, 0.25) is 0 Å². The number of amides is 2. The predicted molar refractivity (Wildman–Crippen MR) is 85.9 cm³/mol. The van der Waals surface area contributed by atoms with E-state index in [0.717, 1.165) is 12.0 Å². The van der Waals surface area contributed by atoms with Gasteiger partial charge in [-0.1, -0.05) is 26.8 Å². The van der Waals surface area contributed by atoms with Gasteiger partial charge < -0.3 is 20.1 Å². The van der Waals surface area contributed by atoms with Gasteiger partial charge in [-0.25, -0.2) is 4.79 Å². The second-order valence-corrected chi connectivity index (χ2v) is 7.27. The number of ether oxygens (including phenoxy) is 1. The molecule has 1 aromatic carbocycles. The minimum absolute atomic E-state index is 0.0349. The highest BCUT2D eigenvalue weighted by Gasteiger charge is 2.44. The van der Waals surface area contributed by atoms with Crippen LogP contribution in [0.1, 0.15) is 38.7 Å². The first-order valence-corrected chi connectivity index (χ1v) is 7.83. The molecule has 2 heterocycles. The van der Waals surface area contributed by atoms with Crippen molar-refractivity contribution < 1.29 is 19.4 Å². The van der Waals surface area contributed by atoms with Crippen LogP contribution >= 0.6 is 0 Å². The van der Waals surface area contributed by atoms with E-state index in [4.69, 9.17) is 4.74 Å². The van der Waals surface area contributed by atoms with Gasteiger partial charge in [-0.05, 0) is 29.5 Å². The van der Waals surface area contributed by atoms with E-state index in [1.807, 2.05) is 18.2 Å². The fraction of sp³-hybridized carbons (Fsp3) is 0.529. The van der Waals surface area contributed by atoms with E-state index in [2.05, 4.69) is 26.1 Å². The number of anilines is 1. The second-order valence-electron chi connectivity index (χ2n) is 7.27. The Kier molecular flexibility index (Phi) is 3.70. The molecule has 124 valence electrons. The number of nitrogens with zero attached hydrogens (tertiary/aromatic N) is 1. The monoisotopic (exact) mass is 318 g/mol. The van der Waals surface area contributed by atoms with Crippen LogP contribution in [0, 0.1) is 5.41 Å². The quantitative estimate of drug-likeness (QED) is 0.834. The average molecular weight is 318 g/mol. The van der Waals surface area contributed by atoms with E-state index < -0.39 is 6.09 Å². The van der Waals surface area contributed by atoms with Crippen molar-refractivity contribution in [3.8, 4) is 5.75 Å². The SMILES string of the molecule is CC(C)(C)C1C(c2ccc3c(c2)NC(=O)CO3)CCN1C(=O)O. The van der Waals surface area contributed by atoms with Gasteiger partial charge >= 0.3 is 6.09 Å². The molecule has 23 heavy (non-hydrogen) atoms. The van der Waals surface area contributed by atoms with Crippen molar-refractivity contribution in [1.29, 1.82) is 0 Å². The molecule has 2 atom stereocenters. The molecule has 0 aromatic heterocycles. The molecule has 2 amide bonds. The van der Waals surface area contributed by atoms with Crippen molar-refractivity contribution >= 4 is 17.7 Å². The summed E-state index contributed by atoms with van der Waals surface area (Å²) in [5.41, 5.74) is 1.54. The first-order chi connectivity index (χ1) is 10.8. The van der Waals surface area contributed by atoms with Gasteiger partial charge in [-0.2, -0.15) is 0 Å². The number of likely N-dealkylation sites (tertiary alicyclic amines) is 1. The Morgan fingerprint density at radius 2 is 2.13 bits per heavy atom. The van der Waals surface area contributed by atoms with Crippen molar-refractivity contribution in [1.82, 2.24) is 4.90 Å². The largest absolute Gasteiger partial charge is 0.482 e. The maximum atomic E-state index is 11.6. The molecule has 0 spiro atoms. The lowest BCUT2D eigenvalue weighted by molar-refractivity contribution is -0.118. The van der Waals surface area contributed by atoms with Gasteiger partial charge in [0.25, 0.3) is 5.91 Å². The summed E-state index contributed by atoms with van der Waals surface area (Å²) in [7, 11) is 0. The molecule has 0 aliphatic carbocycles. The zero-order valence-corrected chi connectivity index (χ0v) is 13.6. The molecule has 0 radical (unpaired) electrons. The highest BCUT2D eigenvalue weighted by atomic mass is 16.5. The van der Waals surface area contributed by atoms with E-state index in [9.17, 15) is 14.7 Å². The summed E-state index contributed by atoms with van der Waals surface area (Å²) in [6.07, 6.45) is -0.0935. The number of nitrogens with one attached hydrogen (secondary N) is 1. The molecule has 2 aliphatic rings. The van der Waals surface area contributed by atoms with Gasteiger partial charge in [0.1, 0.15) is 5.75 Å². The molecule has 0 bridgehead atoms. The lowest BCUT2D eigenvalue weighted by Gasteiger charge is -2.37. The van der Waals surface area contributed by atoms with E-state index >= 15 is 0 Å². The Labute approximate surface area is 135 Å². The highest BCUT2D eigenvalue weighted by molar-refractivity contribution is 5.95. The van der Waals surface area contributed by atoms with Crippen LogP contribution in [0.5, 0.6) is 5.75 Å². The van der Waals surface area contributed by atoms with Crippen LogP contribution in [0.3, 0.4) is 0 Å². The van der Waals surface area contributed by atoms with Crippen molar-refractivity contribution in [3.05, 3.63) is 23.8 Å². The summed E-state index contributed by atoms with van der Waals surface area (Å²) in [6, 6.07) is 5.65. The minimum atomic E-state index is -0.873. The predicted octanol–water partition coefficient (Wildman–Crippen LogP) is 2.90. The van der Waals surface area contributed by atoms with Crippen LogP contribution in [0.25, 0.3) is 0 Å². The Hall–Kier alpha value is -2.24. The van der Waals surface area contributed by atoms with Gasteiger partial charge in [0.15, 0.2) is 6.61 Å². The Balaban J connectivity index is 1.96. The van der Waals surface area contributed by atoms with Crippen LogP contribution in [0.4, 0.5) is 10.5 Å². The van der Waals surface area contributed by atoms with Crippen LogP contribution in [-0.4, -0.2) is 41.2 Å². The number of carbonyl (C=O) groups excluding carboxylic acids is 1. The molecule has 1 fully saturated rings. The summed E-state index contributed by atoms with van der Waals surface area (Å²) < 4.78 is 5.39. The topological polar surface area (TPSA) is 78.9 Å². The number of rotatable bonds is 1. The molecule has 2 aliphatic heterocycles. The third-order valence-electron chi connectivity index (χ3n) is 4.60. The van der Waals surface area contributed by atoms with Gasteiger partial charge in [-0.15, -0.1) is 0 Å². The number of hydrogen-bond acceptors (Lipinski definition) is 3. The number of carboxylic acid groups (broad SMARTS) is 1. The molecular weight excluding hydrogens is 296 g/mol. The van der Waals surface area contributed by atoms with Crippen LogP contribution in [0.15, 0.2) is 18.2 Å². The summed E-state index contributed by atoms with van der Waals surface area (Å²) in [4.78, 5) is 24.6. The van der Waals surface area contributed by atoms with Gasteiger partial charge in [-0.3, -0.25) is 4.79 Å². The molecule has 3 rings (SSSR count). The van der Waals surface area contributed by atoms with E-state index in [-0.39, 0.29) is 29.9 Å². The first kappa shape index (κ1) is 15.6. The summed E-state index contributed by atoms with van der Waals surface area (Å²) in [5, 5.41) is 12.3. The van der Waals surface area contributed by atoms with Crippen molar-refractivity contribution in [2.75, 3.05) is 18.5 Å². The average Bonchev–Trinajstić information content (AvgIpc) is 2.91. The molecule has 1 saturated heterocycles. The molecule has 2 N–H and O–H groups in total. The summed E-state index contributed by atoms with van der Waals surface area (Å²) in [6.45, 7) is 6.76. The number of hydrogen-bond donors (Lipinski definition) is 2. The minimum Gasteiger partial charge on any atom is -0.482 e. The maximum absolute atomic E-state index is 11.6. The fourth-order valence-corrected chi connectivity index (χ4v) is 3.76. The molecule has 1 aromatic rings. The lowest BCUT2D eigenvalue weighted by atomic mass is 9.76. The Morgan fingerprint density at radius 1 is 1.39 bits per heavy atom. The van der Waals surface area contributed by atoms with Crippen molar-refractivity contribution in [2.45, 2.75) is 39.2 Å². The fourth-order valence-electron chi connectivity index (χ4n) is 3.76. The molecule has 0 saturated carbocycles. The van der Waals surface area contributed by atoms with Crippen molar-refractivity contribution in [3.63, 3.8) is 0 Å². The third-order valence-corrected chi connectivity index (χ3v) is 4.60. The molecular formula is C17H22N2O4. The number of benzene rings is 1. The number of fused-ring (bicyclic) bond motifs is 1. The van der Waals surface area contributed by atoms with Crippen LogP contribution in [-0.2, 0) is 4.79 Å². The first-order valence-electron chi connectivity index (χ1n) is 7.83. The standard InChI is InChI=1S/C17H22N2O4/c1-17(2,3)15-11(6-7-19(15)16(21)22)10-4-5-13-12(8-10)18-14(20)9-23-13/h4-5,8,11,15H,6-7,9H2,1-3H3,(H,18,20)(H,21,22). The molecule has 6 nitrogen and oxygen atoms in total. The van der Waals surface area contributed by atoms with E-state index in [1.165, 1.54) is 0 Å². The molecule has 2 unspecified atom stereocenters. The summed E-state index contributed by atoms with van der Waals surface area (Å²) in [5.74, 6) is 0.601. The summed E-state index contributed by atoms with van der Waals surface area (Å²) >= 11 is 0. The zero-order chi connectivity index (χ0) is 16.8. The zero-order valence-electron chi connectivity index (χ0n) is 13.6. The molecule has 6 heteroatoms. The Morgan fingerprint density at radius 3 is 2.78 bits per heavy atom. The Bertz CT molecular complexity index is 650. The lowest BCUT2D eigenvalue weighted by Crippen LogP contribution is -2.44. The van der Waals surface area contributed by atoms with Crippen molar-refractivity contribution in [2.24, 2.45) is 5.41 Å². The smallest absolute Gasteiger partial charge is 0.407 e. The van der Waals surface area contributed by atoms with Gasteiger partial charge in [0.05, 0.1) is 5.69 Å². The highest BCUT2D eigenvalue weighted by Crippen LogP contribution is 2.44. The normalized spacial score (nSPS) is 24.0. The number of carbonyl (C=O) groups is 2. The third kappa shape index (κ3) is 2.85. The van der Waals surface area contributed by atoms with E-state index in [0.29, 0.717) is 18.0 Å². The van der Waals surface area contributed by atoms with E-state index in [1.54, 1.807) is 4.90 Å². The second kappa shape index (κ2) is 5.44. The maximum Gasteiger partial charge on any atom is 0.407 e.